The van der Waals surface area contributed by atoms with Gasteiger partial charge in [0, 0.05) is 63.4 Å². The lowest BCUT2D eigenvalue weighted by Crippen LogP contribution is -2.49. The molecule has 38 heavy (non-hydrogen) atoms. The van der Waals surface area contributed by atoms with Crippen LogP contribution in [0.3, 0.4) is 0 Å². The van der Waals surface area contributed by atoms with E-state index in [2.05, 4.69) is 15.5 Å². The summed E-state index contributed by atoms with van der Waals surface area (Å²) in [4.78, 5) is 44.7. The van der Waals surface area contributed by atoms with Crippen LogP contribution in [-0.4, -0.2) is 79.9 Å². The molecule has 2 saturated heterocycles. The number of piperazine rings is 1. The SMILES string of the molecule is CC(C)(C)CC(=O)Nc1cc(C(=O)N2CCCNCC2)ccc1N1CCN(C(=O)c2cccc(F)c2)CC1. The van der Waals surface area contributed by atoms with Crippen molar-refractivity contribution < 1.29 is 18.8 Å². The first-order valence-corrected chi connectivity index (χ1v) is 13.3. The van der Waals surface area contributed by atoms with E-state index in [1.54, 1.807) is 17.0 Å². The predicted molar refractivity (Wildman–Crippen MR) is 147 cm³/mol. The number of anilines is 2. The molecule has 3 amide bonds. The molecule has 4 rings (SSSR count). The van der Waals surface area contributed by atoms with Crippen LogP contribution in [0.15, 0.2) is 42.5 Å². The second-order valence-electron chi connectivity index (χ2n) is 11.2. The monoisotopic (exact) mass is 523 g/mol. The summed E-state index contributed by atoms with van der Waals surface area (Å²) in [5, 5.41) is 6.37. The summed E-state index contributed by atoms with van der Waals surface area (Å²) in [7, 11) is 0. The van der Waals surface area contributed by atoms with E-state index in [4.69, 9.17) is 0 Å². The number of amides is 3. The molecule has 2 aliphatic heterocycles. The van der Waals surface area contributed by atoms with Gasteiger partial charge in [-0.1, -0.05) is 26.8 Å². The van der Waals surface area contributed by atoms with Crippen LogP contribution in [0.1, 0.15) is 54.3 Å². The van der Waals surface area contributed by atoms with Gasteiger partial charge in [-0.15, -0.1) is 0 Å². The highest BCUT2D eigenvalue weighted by atomic mass is 19.1. The molecule has 0 unspecified atom stereocenters. The highest BCUT2D eigenvalue weighted by molar-refractivity contribution is 6.00. The van der Waals surface area contributed by atoms with Gasteiger partial charge in [0.15, 0.2) is 0 Å². The summed E-state index contributed by atoms with van der Waals surface area (Å²) in [6.07, 6.45) is 1.25. The number of hydrogen-bond donors (Lipinski definition) is 2. The minimum atomic E-state index is -0.434. The molecule has 2 fully saturated rings. The van der Waals surface area contributed by atoms with Crippen LogP contribution in [0.4, 0.5) is 15.8 Å². The van der Waals surface area contributed by atoms with E-state index in [1.165, 1.54) is 18.2 Å². The summed E-state index contributed by atoms with van der Waals surface area (Å²) in [5.74, 6) is -0.786. The standard InChI is InChI=1S/C29H38FN5O3/c1-29(2,3)20-26(36)32-24-19-22(28(38)34-12-5-10-31-11-13-34)8-9-25(24)33-14-16-35(17-15-33)27(37)21-6-4-7-23(30)18-21/h4,6-9,18-19,31H,5,10-17,20H2,1-3H3,(H,32,36). The number of carbonyl (C=O) groups is 3. The maximum atomic E-state index is 13.6. The molecule has 0 spiro atoms. The van der Waals surface area contributed by atoms with Crippen molar-refractivity contribution in [3.63, 3.8) is 0 Å². The zero-order valence-electron chi connectivity index (χ0n) is 22.6. The minimum absolute atomic E-state index is 0.0444. The van der Waals surface area contributed by atoms with Crippen molar-refractivity contribution in [2.75, 3.05) is 62.6 Å². The highest BCUT2D eigenvalue weighted by Gasteiger charge is 2.26. The number of carbonyl (C=O) groups excluding carboxylic acids is 3. The molecule has 0 bridgehead atoms. The Bertz CT molecular complexity index is 1160. The molecule has 0 radical (unpaired) electrons. The van der Waals surface area contributed by atoms with Crippen LogP contribution >= 0.6 is 0 Å². The largest absolute Gasteiger partial charge is 0.366 e. The van der Waals surface area contributed by atoms with E-state index >= 15 is 0 Å². The van der Waals surface area contributed by atoms with Gasteiger partial charge in [0.25, 0.3) is 11.8 Å². The van der Waals surface area contributed by atoms with Crippen molar-refractivity contribution in [1.29, 1.82) is 0 Å². The summed E-state index contributed by atoms with van der Waals surface area (Å²) < 4.78 is 13.6. The average molecular weight is 524 g/mol. The Hall–Kier alpha value is -3.46. The number of rotatable bonds is 5. The van der Waals surface area contributed by atoms with Crippen molar-refractivity contribution in [2.24, 2.45) is 5.41 Å². The molecule has 0 atom stereocenters. The van der Waals surface area contributed by atoms with Gasteiger partial charge < -0.3 is 25.3 Å². The van der Waals surface area contributed by atoms with Crippen molar-refractivity contribution in [3.05, 3.63) is 59.4 Å². The maximum Gasteiger partial charge on any atom is 0.254 e. The molecular weight excluding hydrogens is 485 g/mol. The van der Waals surface area contributed by atoms with Gasteiger partial charge in [-0.05, 0) is 54.8 Å². The fourth-order valence-electron chi connectivity index (χ4n) is 4.91. The maximum absolute atomic E-state index is 13.6. The van der Waals surface area contributed by atoms with Crippen molar-refractivity contribution in [1.82, 2.24) is 15.1 Å². The van der Waals surface area contributed by atoms with Crippen molar-refractivity contribution in [3.8, 4) is 0 Å². The van der Waals surface area contributed by atoms with Gasteiger partial charge in [0.2, 0.25) is 5.91 Å². The van der Waals surface area contributed by atoms with Crippen LogP contribution < -0.4 is 15.5 Å². The van der Waals surface area contributed by atoms with Crippen LogP contribution in [0, 0.1) is 11.2 Å². The van der Waals surface area contributed by atoms with Crippen LogP contribution in [0.5, 0.6) is 0 Å². The lowest BCUT2D eigenvalue weighted by Gasteiger charge is -2.37. The summed E-state index contributed by atoms with van der Waals surface area (Å²) in [6, 6.07) is 11.2. The first-order valence-electron chi connectivity index (χ1n) is 13.3. The van der Waals surface area contributed by atoms with Gasteiger partial charge >= 0.3 is 0 Å². The Morgan fingerprint density at radius 1 is 0.868 bits per heavy atom. The van der Waals surface area contributed by atoms with Gasteiger partial charge in [-0.2, -0.15) is 0 Å². The third-order valence-corrected chi connectivity index (χ3v) is 6.81. The van der Waals surface area contributed by atoms with Gasteiger partial charge in [0.1, 0.15) is 5.82 Å². The number of benzene rings is 2. The smallest absolute Gasteiger partial charge is 0.254 e. The molecule has 0 aromatic heterocycles. The summed E-state index contributed by atoms with van der Waals surface area (Å²) in [6.45, 7) is 11.1. The molecule has 2 aromatic carbocycles. The lowest BCUT2D eigenvalue weighted by molar-refractivity contribution is -0.117. The molecule has 2 aromatic rings. The fraction of sp³-hybridized carbons (Fsp3) is 0.483. The summed E-state index contributed by atoms with van der Waals surface area (Å²) in [5.41, 5.74) is 2.11. The molecule has 0 aliphatic carbocycles. The molecule has 9 heteroatoms. The average Bonchev–Trinajstić information content (AvgIpc) is 3.16. The fourth-order valence-corrected chi connectivity index (χ4v) is 4.91. The zero-order valence-corrected chi connectivity index (χ0v) is 22.6. The third-order valence-electron chi connectivity index (χ3n) is 6.81. The molecular formula is C29H38FN5O3. The minimum Gasteiger partial charge on any atom is -0.366 e. The lowest BCUT2D eigenvalue weighted by atomic mass is 9.92. The van der Waals surface area contributed by atoms with Crippen LogP contribution in [0.25, 0.3) is 0 Å². The molecule has 2 aliphatic rings. The molecule has 8 nitrogen and oxygen atoms in total. The van der Waals surface area contributed by atoms with Crippen molar-refractivity contribution >= 4 is 29.1 Å². The van der Waals surface area contributed by atoms with Crippen molar-refractivity contribution in [2.45, 2.75) is 33.6 Å². The van der Waals surface area contributed by atoms with Crippen LogP contribution in [0.2, 0.25) is 0 Å². The highest BCUT2D eigenvalue weighted by Crippen LogP contribution is 2.30. The Morgan fingerprint density at radius 2 is 1.55 bits per heavy atom. The number of halogens is 1. The zero-order chi connectivity index (χ0) is 27.3. The molecule has 2 N–H and O–H groups in total. The summed E-state index contributed by atoms with van der Waals surface area (Å²) >= 11 is 0. The van der Waals surface area contributed by atoms with E-state index in [0.29, 0.717) is 62.5 Å². The van der Waals surface area contributed by atoms with E-state index in [-0.39, 0.29) is 23.1 Å². The quantitative estimate of drug-likeness (QED) is 0.626. The first-order chi connectivity index (χ1) is 18.1. The molecule has 204 valence electrons. The third kappa shape index (κ3) is 7.10. The molecule has 0 saturated carbocycles. The second-order valence-corrected chi connectivity index (χ2v) is 11.2. The number of nitrogens with one attached hydrogen (secondary N) is 2. The second kappa shape index (κ2) is 11.9. The number of nitrogens with zero attached hydrogens (tertiary/aromatic N) is 3. The topological polar surface area (TPSA) is 85.0 Å². The normalized spacial score (nSPS) is 16.7. The predicted octanol–water partition coefficient (Wildman–Crippen LogP) is 3.60. The first kappa shape index (κ1) is 27.6. The van der Waals surface area contributed by atoms with E-state index in [1.807, 2.05) is 37.8 Å². The van der Waals surface area contributed by atoms with Crippen LogP contribution in [-0.2, 0) is 4.79 Å². The Balaban J connectivity index is 1.52. The van der Waals surface area contributed by atoms with E-state index in [9.17, 15) is 18.8 Å². The van der Waals surface area contributed by atoms with E-state index in [0.717, 1.165) is 25.2 Å². The molecule has 2 heterocycles. The van der Waals surface area contributed by atoms with Gasteiger partial charge in [0.05, 0.1) is 11.4 Å². The van der Waals surface area contributed by atoms with Gasteiger partial charge in [-0.25, -0.2) is 4.39 Å². The van der Waals surface area contributed by atoms with E-state index < -0.39 is 5.82 Å². The number of hydrogen-bond acceptors (Lipinski definition) is 5. The Kier molecular flexibility index (Phi) is 8.66. The Labute approximate surface area is 224 Å². The van der Waals surface area contributed by atoms with Gasteiger partial charge in [-0.3, -0.25) is 14.4 Å². The Morgan fingerprint density at radius 3 is 2.24 bits per heavy atom.